The van der Waals surface area contributed by atoms with E-state index in [2.05, 4.69) is 5.10 Å². The first-order valence-electron chi connectivity index (χ1n) is 3.28. The molecule has 1 aromatic rings. The Morgan fingerprint density at radius 3 is 2.29 bits per heavy atom. The molecule has 0 saturated heterocycles. The Kier molecular flexibility index (Phi) is 2.43. The third kappa shape index (κ3) is 1.66. The molecule has 0 aliphatic carbocycles. The SMILES string of the molecule is Nn1c(=O)c(C(F)(F)F)n[n]([AlH2])c1=O. The van der Waals surface area contributed by atoms with Gasteiger partial charge in [-0.25, -0.2) is 4.79 Å². The van der Waals surface area contributed by atoms with Crippen LogP contribution in [0.4, 0.5) is 13.2 Å². The van der Waals surface area contributed by atoms with Crippen LogP contribution in [0.25, 0.3) is 0 Å². The topological polar surface area (TPSA) is 82.9 Å². The van der Waals surface area contributed by atoms with Crippen molar-refractivity contribution in [1.29, 1.82) is 0 Å². The highest BCUT2D eigenvalue weighted by Crippen LogP contribution is 2.23. The lowest BCUT2D eigenvalue weighted by molar-refractivity contribution is -0.143. The first kappa shape index (κ1) is 10.8. The maximum Gasteiger partial charge on any atom is 0.440 e. The van der Waals surface area contributed by atoms with Gasteiger partial charge < -0.3 is 9.51 Å². The van der Waals surface area contributed by atoms with E-state index in [1.54, 1.807) is 0 Å². The molecule has 14 heavy (non-hydrogen) atoms. The summed E-state index contributed by atoms with van der Waals surface area (Å²) < 4.78 is 36.7. The molecule has 0 bridgehead atoms. The Labute approximate surface area is 82.4 Å². The third-order valence-corrected chi connectivity index (χ3v) is 2.01. The second kappa shape index (κ2) is 3.14. The van der Waals surface area contributed by atoms with Crippen LogP contribution in [0.2, 0.25) is 0 Å². The second-order valence-corrected chi connectivity index (χ2v) is 3.27. The molecule has 1 rings (SSSR count). The van der Waals surface area contributed by atoms with Gasteiger partial charge in [-0.2, -0.15) is 22.9 Å². The number of nitrogens with two attached hydrogens (primary N) is 1. The van der Waals surface area contributed by atoms with Crippen molar-refractivity contribution in [3.8, 4) is 0 Å². The van der Waals surface area contributed by atoms with Gasteiger partial charge in [0.1, 0.15) is 0 Å². The molecule has 0 fully saturated rings. The largest absolute Gasteiger partial charge is 0.440 e. The van der Waals surface area contributed by atoms with Crippen molar-refractivity contribution in [1.82, 2.24) is 13.4 Å². The smallest absolute Gasteiger partial charge is 0.332 e. The molecular weight excluding hydrogens is 220 g/mol. The van der Waals surface area contributed by atoms with Gasteiger partial charge in [-0.3, -0.25) is 4.79 Å². The number of halogens is 3. The Hall–Kier alpha value is -1.27. The van der Waals surface area contributed by atoms with E-state index in [0.717, 1.165) is 0 Å². The number of rotatable bonds is 0. The average Bonchev–Trinajstić information content (AvgIpc) is 2.06. The fourth-order valence-electron chi connectivity index (χ4n) is 0.770. The van der Waals surface area contributed by atoms with Gasteiger partial charge in [0.15, 0.2) is 0 Å². The lowest BCUT2D eigenvalue weighted by atomic mass is 10.4. The van der Waals surface area contributed by atoms with Crippen LogP contribution in [-0.4, -0.2) is 30.0 Å². The van der Waals surface area contributed by atoms with Crippen molar-refractivity contribution in [3.63, 3.8) is 0 Å². The summed E-state index contributed by atoms with van der Waals surface area (Å²) in [7, 11) is 0. The zero-order chi connectivity index (χ0) is 11.1. The summed E-state index contributed by atoms with van der Waals surface area (Å²) in [5, 5.41) is 2.83. The Bertz CT molecular complexity index is 475. The lowest BCUT2D eigenvalue weighted by Gasteiger charge is -2.08. The van der Waals surface area contributed by atoms with Gasteiger partial charge in [0.05, 0.1) is 0 Å². The Morgan fingerprint density at radius 2 is 1.86 bits per heavy atom. The molecule has 0 spiro atoms. The van der Waals surface area contributed by atoms with Gasteiger partial charge in [0, 0.05) is 0 Å². The molecular formula is C4H4AlF3N4O2. The molecule has 6 nitrogen and oxygen atoms in total. The van der Waals surface area contributed by atoms with Crippen molar-refractivity contribution in [3.05, 3.63) is 26.5 Å². The van der Waals surface area contributed by atoms with Gasteiger partial charge in [-0.05, 0) is 0 Å². The van der Waals surface area contributed by atoms with Crippen LogP contribution in [0.1, 0.15) is 5.69 Å². The van der Waals surface area contributed by atoms with Gasteiger partial charge in [0.2, 0.25) is 5.69 Å². The standard InChI is InChI=1S/C4H3F3N4O2.Al.2H/c5-4(6,7)1-2(12)11(8)3(13)10-9-1;;;/h8H2,(H,10,12,13);;;/q;+1;;/p-1. The summed E-state index contributed by atoms with van der Waals surface area (Å²) in [5.74, 6) is 4.83. The van der Waals surface area contributed by atoms with Gasteiger partial charge in [-0.15, -0.1) is 0 Å². The number of alkyl halides is 3. The summed E-state index contributed by atoms with van der Waals surface area (Å²) in [6.45, 7) is 0. The molecule has 1 aromatic heterocycles. The third-order valence-electron chi connectivity index (χ3n) is 1.42. The van der Waals surface area contributed by atoms with E-state index < -0.39 is 23.1 Å². The predicted octanol–water partition coefficient (Wildman–Crippen LogP) is -2.47. The van der Waals surface area contributed by atoms with Crippen LogP contribution < -0.4 is 17.1 Å². The molecule has 0 aromatic carbocycles. The number of nitrogen functional groups attached to an aromatic ring is 1. The van der Waals surface area contributed by atoms with E-state index >= 15 is 0 Å². The van der Waals surface area contributed by atoms with Crippen molar-refractivity contribution in [2.75, 3.05) is 5.84 Å². The van der Waals surface area contributed by atoms with E-state index in [1.807, 2.05) is 0 Å². The summed E-state index contributed by atoms with van der Waals surface area (Å²) in [5.41, 5.74) is -4.39. The highest BCUT2D eigenvalue weighted by atomic mass is 27.1. The summed E-state index contributed by atoms with van der Waals surface area (Å²) >= 11 is -0.0918. The molecule has 0 saturated carbocycles. The molecule has 2 N–H and O–H groups in total. The van der Waals surface area contributed by atoms with Crippen molar-refractivity contribution in [2.24, 2.45) is 0 Å². The number of hydrogen-bond acceptors (Lipinski definition) is 4. The van der Waals surface area contributed by atoms with E-state index in [1.165, 1.54) is 0 Å². The summed E-state index contributed by atoms with van der Waals surface area (Å²) in [6.07, 6.45) is -4.90. The van der Waals surface area contributed by atoms with Crippen LogP contribution in [0, 0.1) is 0 Å². The monoisotopic (exact) mass is 224 g/mol. The van der Waals surface area contributed by atoms with Crippen LogP contribution >= 0.6 is 0 Å². The van der Waals surface area contributed by atoms with E-state index in [0.29, 0.717) is 3.67 Å². The minimum atomic E-state index is -4.90. The molecule has 0 amide bonds. The fraction of sp³-hybridized carbons (Fsp3) is 0.250. The van der Waals surface area contributed by atoms with E-state index in [9.17, 15) is 22.8 Å². The number of nitrogens with zero attached hydrogens (tertiary/aromatic N) is 3. The van der Waals surface area contributed by atoms with Crippen LogP contribution in [0.5, 0.6) is 0 Å². The van der Waals surface area contributed by atoms with Gasteiger partial charge in [-0.1, -0.05) is 0 Å². The molecule has 0 unspecified atom stereocenters. The summed E-state index contributed by atoms with van der Waals surface area (Å²) in [6, 6.07) is 0. The van der Waals surface area contributed by atoms with Crippen molar-refractivity contribution in [2.45, 2.75) is 6.18 Å². The molecule has 0 radical (unpaired) electrons. The zero-order valence-corrected chi connectivity index (χ0v) is 8.87. The highest BCUT2D eigenvalue weighted by Gasteiger charge is 2.37. The molecule has 1 heterocycles. The normalized spacial score (nSPS) is 11.6. The zero-order valence-electron chi connectivity index (χ0n) is 6.87. The first-order valence-corrected chi connectivity index (χ1v) is 4.17. The van der Waals surface area contributed by atoms with E-state index in [-0.39, 0.29) is 21.2 Å². The Balaban J connectivity index is 3.67. The van der Waals surface area contributed by atoms with Crippen LogP contribution in [0.3, 0.4) is 0 Å². The fourth-order valence-corrected chi connectivity index (χ4v) is 1.19. The minimum absolute atomic E-state index is 0.0918. The van der Waals surface area contributed by atoms with E-state index in [4.69, 9.17) is 5.84 Å². The molecule has 0 aliphatic heterocycles. The maximum atomic E-state index is 12.1. The predicted molar refractivity (Wildman–Crippen MR) is 41.9 cm³/mol. The number of hydrogen-bond donors (Lipinski definition) is 1. The quantitative estimate of drug-likeness (QED) is 0.391. The molecule has 0 atom stereocenters. The van der Waals surface area contributed by atoms with Crippen LogP contribution in [-0.2, 0) is 6.18 Å². The van der Waals surface area contributed by atoms with Crippen molar-refractivity contribution < 1.29 is 13.2 Å². The second-order valence-electron chi connectivity index (χ2n) is 2.43. The first-order chi connectivity index (χ1) is 6.25. The lowest BCUT2D eigenvalue weighted by Crippen LogP contribution is -2.48. The highest BCUT2D eigenvalue weighted by molar-refractivity contribution is 6.05. The van der Waals surface area contributed by atoms with Gasteiger partial charge in [0.25, 0.3) is 0 Å². The van der Waals surface area contributed by atoms with Crippen molar-refractivity contribution >= 4 is 16.5 Å². The van der Waals surface area contributed by atoms with Gasteiger partial charge >= 0.3 is 33.9 Å². The average molecular weight is 224 g/mol. The molecule has 76 valence electrons. The molecule has 0 aliphatic rings. The summed E-state index contributed by atoms with van der Waals surface area (Å²) in [4.78, 5) is 21.7. The Morgan fingerprint density at radius 1 is 1.36 bits per heavy atom. The number of aromatic nitrogens is 3. The van der Waals surface area contributed by atoms with Crippen LogP contribution in [0.15, 0.2) is 9.59 Å². The molecule has 10 heteroatoms. The maximum absolute atomic E-state index is 12.1. The minimum Gasteiger partial charge on any atom is -0.332 e.